The molecule has 2 heterocycles. The number of phenolic OH excluding ortho intramolecular Hbond substituents is 1. The summed E-state index contributed by atoms with van der Waals surface area (Å²) in [5.74, 6) is 1.16. The van der Waals surface area contributed by atoms with Crippen molar-refractivity contribution >= 4 is 5.65 Å². The Hall–Kier alpha value is -2.36. The molecule has 0 fully saturated rings. The summed E-state index contributed by atoms with van der Waals surface area (Å²) in [5.41, 5.74) is 2.98. The maximum Gasteiger partial charge on any atom is 0.160 e. The molecule has 0 spiro atoms. The molecular weight excluding hydrogens is 226 g/mol. The second kappa shape index (κ2) is 4.14. The molecule has 0 bridgehead atoms. The van der Waals surface area contributed by atoms with Gasteiger partial charge in [-0.3, -0.25) is 4.40 Å². The standard InChI is InChI=1S/C14H13N3O/c1-10-4-2-7-13-15-16-14(17(10)13)9-11-5-3-6-12(18)8-11/h2-8,18H,9H2,1H3. The molecule has 1 N–H and O–H groups in total. The first-order valence-corrected chi connectivity index (χ1v) is 5.81. The van der Waals surface area contributed by atoms with Gasteiger partial charge < -0.3 is 5.11 Å². The third-order valence-corrected chi connectivity index (χ3v) is 2.96. The van der Waals surface area contributed by atoms with Gasteiger partial charge in [-0.25, -0.2) is 0 Å². The molecule has 18 heavy (non-hydrogen) atoms. The first-order chi connectivity index (χ1) is 8.74. The number of phenols is 1. The van der Waals surface area contributed by atoms with Crippen LogP contribution in [-0.2, 0) is 6.42 Å². The van der Waals surface area contributed by atoms with Crippen molar-refractivity contribution in [2.24, 2.45) is 0 Å². The van der Waals surface area contributed by atoms with E-state index in [-0.39, 0.29) is 5.75 Å². The number of aromatic hydroxyl groups is 1. The SMILES string of the molecule is Cc1cccc2nnc(Cc3cccc(O)c3)n12. The number of rotatable bonds is 2. The average Bonchev–Trinajstić information content (AvgIpc) is 2.74. The van der Waals surface area contributed by atoms with Crippen molar-refractivity contribution in [3.63, 3.8) is 0 Å². The first-order valence-electron chi connectivity index (χ1n) is 5.81. The quantitative estimate of drug-likeness (QED) is 0.746. The number of aryl methyl sites for hydroxylation is 1. The number of hydrogen-bond donors (Lipinski definition) is 1. The highest BCUT2D eigenvalue weighted by atomic mass is 16.3. The number of hydrogen-bond acceptors (Lipinski definition) is 3. The van der Waals surface area contributed by atoms with Crippen molar-refractivity contribution in [3.8, 4) is 5.75 Å². The lowest BCUT2D eigenvalue weighted by atomic mass is 10.1. The fourth-order valence-corrected chi connectivity index (χ4v) is 2.13. The van der Waals surface area contributed by atoms with Gasteiger partial charge in [0.1, 0.15) is 11.6 Å². The Kier molecular flexibility index (Phi) is 2.48. The van der Waals surface area contributed by atoms with Crippen LogP contribution in [0.4, 0.5) is 0 Å². The van der Waals surface area contributed by atoms with Gasteiger partial charge in [0.15, 0.2) is 5.65 Å². The van der Waals surface area contributed by atoms with E-state index in [4.69, 9.17) is 0 Å². The maximum atomic E-state index is 9.47. The van der Waals surface area contributed by atoms with Gasteiger partial charge in [0.2, 0.25) is 0 Å². The van der Waals surface area contributed by atoms with Crippen molar-refractivity contribution in [3.05, 3.63) is 59.5 Å². The Bertz CT molecular complexity index is 703. The molecule has 0 amide bonds. The largest absolute Gasteiger partial charge is 0.508 e. The fourth-order valence-electron chi connectivity index (χ4n) is 2.13. The molecule has 4 nitrogen and oxygen atoms in total. The fraction of sp³-hybridized carbons (Fsp3) is 0.143. The van der Waals surface area contributed by atoms with E-state index in [9.17, 15) is 5.11 Å². The summed E-state index contributed by atoms with van der Waals surface area (Å²) in [6.45, 7) is 2.03. The van der Waals surface area contributed by atoms with Crippen LogP contribution in [0, 0.1) is 6.92 Å². The zero-order valence-electron chi connectivity index (χ0n) is 10.0. The highest BCUT2D eigenvalue weighted by molar-refractivity contribution is 5.40. The van der Waals surface area contributed by atoms with E-state index >= 15 is 0 Å². The summed E-state index contributed by atoms with van der Waals surface area (Å²) in [7, 11) is 0. The summed E-state index contributed by atoms with van der Waals surface area (Å²) >= 11 is 0. The van der Waals surface area contributed by atoms with Gasteiger partial charge in [0.25, 0.3) is 0 Å². The lowest BCUT2D eigenvalue weighted by Gasteiger charge is -2.04. The van der Waals surface area contributed by atoms with Gasteiger partial charge in [-0.2, -0.15) is 0 Å². The second-order valence-corrected chi connectivity index (χ2v) is 4.32. The lowest BCUT2D eigenvalue weighted by Crippen LogP contribution is -1.99. The Morgan fingerprint density at radius 1 is 1.11 bits per heavy atom. The summed E-state index contributed by atoms with van der Waals surface area (Å²) in [4.78, 5) is 0. The summed E-state index contributed by atoms with van der Waals surface area (Å²) < 4.78 is 2.03. The lowest BCUT2D eigenvalue weighted by molar-refractivity contribution is 0.474. The molecule has 0 saturated heterocycles. The highest BCUT2D eigenvalue weighted by Crippen LogP contribution is 2.15. The molecule has 0 aliphatic rings. The Balaban J connectivity index is 2.05. The Labute approximate surface area is 105 Å². The minimum atomic E-state index is 0.276. The molecule has 0 saturated carbocycles. The van der Waals surface area contributed by atoms with E-state index < -0.39 is 0 Å². The predicted molar refractivity (Wildman–Crippen MR) is 68.6 cm³/mol. The smallest absolute Gasteiger partial charge is 0.160 e. The number of benzene rings is 1. The van der Waals surface area contributed by atoms with E-state index in [1.54, 1.807) is 12.1 Å². The first kappa shape index (κ1) is 10.8. The summed E-state index contributed by atoms with van der Waals surface area (Å²) in [6, 6.07) is 13.2. The zero-order chi connectivity index (χ0) is 12.5. The van der Waals surface area contributed by atoms with Crippen molar-refractivity contribution in [2.45, 2.75) is 13.3 Å². The molecule has 0 atom stereocenters. The monoisotopic (exact) mass is 239 g/mol. The molecule has 0 radical (unpaired) electrons. The average molecular weight is 239 g/mol. The molecule has 90 valence electrons. The van der Waals surface area contributed by atoms with Crippen LogP contribution in [0.15, 0.2) is 42.5 Å². The minimum absolute atomic E-state index is 0.276. The zero-order valence-corrected chi connectivity index (χ0v) is 10.0. The van der Waals surface area contributed by atoms with Gasteiger partial charge in [0, 0.05) is 12.1 Å². The van der Waals surface area contributed by atoms with Crippen LogP contribution in [-0.4, -0.2) is 19.7 Å². The third-order valence-electron chi connectivity index (χ3n) is 2.96. The van der Waals surface area contributed by atoms with Crippen LogP contribution in [0.2, 0.25) is 0 Å². The van der Waals surface area contributed by atoms with E-state index in [0.717, 1.165) is 22.7 Å². The minimum Gasteiger partial charge on any atom is -0.508 e. The van der Waals surface area contributed by atoms with Crippen molar-refractivity contribution < 1.29 is 5.11 Å². The van der Waals surface area contributed by atoms with E-state index in [1.165, 1.54) is 0 Å². The molecule has 4 heteroatoms. The molecule has 0 aliphatic carbocycles. The van der Waals surface area contributed by atoms with E-state index in [1.807, 2.05) is 41.7 Å². The molecule has 2 aromatic heterocycles. The maximum absolute atomic E-state index is 9.47. The van der Waals surface area contributed by atoms with Crippen molar-refractivity contribution in [1.29, 1.82) is 0 Å². The van der Waals surface area contributed by atoms with Crippen LogP contribution in [0.1, 0.15) is 17.1 Å². The topological polar surface area (TPSA) is 50.4 Å². The van der Waals surface area contributed by atoms with Gasteiger partial charge in [0.05, 0.1) is 0 Å². The van der Waals surface area contributed by atoms with Gasteiger partial charge >= 0.3 is 0 Å². The summed E-state index contributed by atoms with van der Waals surface area (Å²) in [6.07, 6.45) is 0.653. The van der Waals surface area contributed by atoms with E-state index in [0.29, 0.717) is 6.42 Å². The normalized spacial score (nSPS) is 10.9. The van der Waals surface area contributed by atoms with Gasteiger partial charge in [-0.15, -0.1) is 10.2 Å². The number of nitrogens with zero attached hydrogens (tertiary/aromatic N) is 3. The molecular formula is C14H13N3O. The van der Waals surface area contributed by atoms with Gasteiger partial charge in [-0.05, 0) is 36.8 Å². The number of fused-ring (bicyclic) bond motifs is 1. The third kappa shape index (κ3) is 1.82. The summed E-state index contributed by atoms with van der Waals surface area (Å²) in [5, 5.41) is 17.8. The number of aromatic nitrogens is 3. The molecule has 1 aromatic carbocycles. The van der Waals surface area contributed by atoms with E-state index in [2.05, 4.69) is 10.2 Å². The molecule has 3 rings (SSSR count). The van der Waals surface area contributed by atoms with Crippen molar-refractivity contribution in [1.82, 2.24) is 14.6 Å². The Morgan fingerprint density at radius 3 is 2.78 bits per heavy atom. The van der Waals surface area contributed by atoms with Crippen molar-refractivity contribution in [2.75, 3.05) is 0 Å². The van der Waals surface area contributed by atoms with Crippen LogP contribution in [0.5, 0.6) is 5.75 Å². The second-order valence-electron chi connectivity index (χ2n) is 4.32. The number of pyridine rings is 1. The van der Waals surface area contributed by atoms with Crippen LogP contribution >= 0.6 is 0 Å². The van der Waals surface area contributed by atoms with Crippen LogP contribution in [0.3, 0.4) is 0 Å². The van der Waals surface area contributed by atoms with Crippen LogP contribution < -0.4 is 0 Å². The van der Waals surface area contributed by atoms with Gasteiger partial charge in [-0.1, -0.05) is 18.2 Å². The van der Waals surface area contributed by atoms with Crippen LogP contribution in [0.25, 0.3) is 5.65 Å². The molecule has 0 unspecified atom stereocenters. The Morgan fingerprint density at radius 2 is 1.94 bits per heavy atom. The molecule has 3 aromatic rings. The molecule has 0 aliphatic heterocycles. The highest BCUT2D eigenvalue weighted by Gasteiger charge is 2.08. The predicted octanol–water partition coefficient (Wildman–Crippen LogP) is 2.33.